The van der Waals surface area contributed by atoms with Crippen LogP contribution in [0.25, 0.3) is 0 Å². The summed E-state index contributed by atoms with van der Waals surface area (Å²) in [5, 5.41) is 0. The SMILES string of the molecule is COCOC(=O)C1C2C=CC(C2)C1C(=O)OC(C)(C)C. The molecule has 2 aliphatic carbocycles. The summed E-state index contributed by atoms with van der Waals surface area (Å²) in [5.74, 6) is -1.42. The molecule has 2 bridgehead atoms. The summed E-state index contributed by atoms with van der Waals surface area (Å²) in [5.41, 5.74) is -0.552. The molecule has 0 spiro atoms. The molecule has 1 fully saturated rings. The van der Waals surface area contributed by atoms with Crippen molar-refractivity contribution in [3.8, 4) is 0 Å². The van der Waals surface area contributed by atoms with Crippen molar-refractivity contribution in [2.45, 2.75) is 32.8 Å². The number of allylic oxidation sites excluding steroid dienone is 2. The van der Waals surface area contributed by atoms with E-state index >= 15 is 0 Å². The minimum Gasteiger partial charge on any atom is -0.460 e. The van der Waals surface area contributed by atoms with E-state index in [0.717, 1.165) is 6.42 Å². The molecule has 0 amide bonds. The third-order valence-electron chi connectivity index (χ3n) is 3.73. The number of hydrogen-bond donors (Lipinski definition) is 0. The summed E-state index contributed by atoms with van der Waals surface area (Å²) in [7, 11) is 1.46. The summed E-state index contributed by atoms with van der Waals surface area (Å²) < 4.78 is 15.2. The van der Waals surface area contributed by atoms with Gasteiger partial charge in [0.1, 0.15) is 5.60 Å². The first-order chi connectivity index (χ1) is 9.33. The molecule has 4 atom stereocenters. The first-order valence-corrected chi connectivity index (χ1v) is 6.90. The second-order valence-corrected chi connectivity index (χ2v) is 6.40. The van der Waals surface area contributed by atoms with Gasteiger partial charge in [-0.15, -0.1) is 0 Å². The fourth-order valence-corrected chi connectivity index (χ4v) is 3.05. The van der Waals surface area contributed by atoms with Crippen LogP contribution in [0.5, 0.6) is 0 Å². The fraction of sp³-hybridized carbons (Fsp3) is 0.733. The van der Waals surface area contributed by atoms with Gasteiger partial charge in [-0.05, 0) is 39.0 Å². The Bertz CT molecular complexity index is 420. The van der Waals surface area contributed by atoms with Gasteiger partial charge in [0.25, 0.3) is 0 Å². The van der Waals surface area contributed by atoms with E-state index in [0.29, 0.717) is 0 Å². The van der Waals surface area contributed by atoms with Crippen LogP contribution in [0, 0.1) is 23.7 Å². The average molecular weight is 282 g/mol. The summed E-state index contributed by atoms with van der Waals surface area (Å²) in [6.45, 7) is 5.39. The van der Waals surface area contributed by atoms with E-state index in [4.69, 9.17) is 14.2 Å². The number of methoxy groups -OCH3 is 1. The van der Waals surface area contributed by atoms with Crippen LogP contribution in [0.2, 0.25) is 0 Å². The van der Waals surface area contributed by atoms with Crippen LogP contribution in [-0.4, -0.2) is 31.4 Å². The predicted octanol–water partition coefficient (Wildman–Crippen LogP) is 1.91. The van der Waals surface area contributed by atoms with E-state index in [1.165, 1.54) is 7.11 Å². The van der Waals surface area contributed by atoms with Crippen LogP contribution in [-0.2, 0) is 23.8 Å². The lowest BCUT2D eigenvalue weighted by Gasteiger charge is -2.28. The zero-order chi connectivity index (χ0) is 14.9. The Kier molecular flexibility index (Phi) is 4.18. The molecule has 0 aromatic carbocycles. The third kappa shape index (κ3) is 3.03. The monoisotopic (exact) mass is 282 g/mol. The van der Waals surface area contributed by atoms with Crippen LogP contribution in [0.15, 0.2) is 12.2 Å². The lowest BCUT2D eigenvalue weighted by Crippen LogP contribution is -2.38. The summed E-state index contributed by atoms with van der Waals surface area (Å²) in [4.78, 5) is 24.5. The van der Waals surface area contributed by atoms with Gasteiger partial charge in [0.2, 0.25) is 0 Å². The van der Waals surface area contributed by atoms with Crippen molar-refractivity contribution in [3.05, 3.63) is 12.2 Å². The van der Waals surface area contributed by atoms with Gasteiger partial charge in [-0.1, -0.05) is 12.2 Å². The second-order valence-electron chi connectivity index (χ2n) is 6.40. The predicted molar refractivity (Wildman–Crippen MR) is 71.5 cm³/mol. The molecule has 112 valence electrons. The maximum atomic E-state index is 12.3. The molecule has 2 aliphatic rings. The highest BCUT2D eigenvalue weighted by Crippen LogP contribution is 2.49. The zero-order valence-corrected chi connectivity index (χ0v) is 12.4. The van der Waals surface area contributed by atoms with Crippen molar-refractivity contribution in [1.82, 2.24) is 0 Å². The Morgan fingerprint density at radius 3 is 2.15 bits per heavy atom. The van der Waals surface area contributed by atoms with Crippen molar-refractivity contribution in [2.24, 2.45) is 23.7 Å². The van der Waals surface area contributed by atoms with Gasteiger partial charge in [-0.25, -0.2) is 0 Å². The molecule has 0 radical (unpaired) electrons. The molecule has 1 saturated carbocycles. The molecule has 4 unspecified atom stereocenters. The average Bonchev–Trinajstić information content (AvgIpc) is 2.93. The Hall–Kier alpha value is -1.36. The molecule has 5 heteroatoms. The third-order valence-corrected chi connectivity index (χ3v) is 3.73. The Morgan fingerprint density at radius 2 is 1.65 bits per heavy atom. The molecule has 0 aromatic rings. The van der Waals surface area contributed by atoms with Crippen LogP contribution >= 0.6 is 0 Å². The van der Waals surface area contributed by atoms with E-state index in [2.05, 4.69) is 0 Å². The maximum Gasteiger partial charge on any atom is 0.312 e. The minimum atomic E-state index is -0.552. The number of carbonyl (C=O) groups excluding carboxylic acids is 2. The van der Waals surface area contributed by atoms with Gasteiger partial charge in [-0.2, -0.15) is 0 Å². The van der Waals surface area contributed by atoms with Crippen molar-refractivity contribution >= 4 is 11.9 Å². The van der Waals surface area contributed by atoms with Crippen LogP contribution in [0.4, 0.5) is 0 Å². The van der Waals surface area contributed by atoms with E-state index in [9.17, 15) is 9.59 Å². The summed E-state index contributed by atoms with van der Waals surface area (Å²) >= 11 is 0. The lowest BCUT2D eigenvalue weighted by molar-refractivity contribution is -0.173. The molecule has 0 heterocycles. The molecule has 0 aliphatic heterocycles. The van der Waals surface area contributed by atoms with Gasteiger partial charge >= 0.3 is 11.9 Å². The Balaban J connectivity index is 2.11. The van der Waals surface area contributed by atoms with Gasteiger partial charge in [-0.3, -0.25) is 9.59 Å². The molecule has 20 heavy (non-hydrogen) atoms. The molecule has 0 aromatic heterocycles. The molecule has 2 rings (SSSR count). The number of rotatable bonds is 4. The molecule has 5 nitrogen and oxygen atoms in total. The highest BCUT2D eigenvalue weighted by Gasteiger charge is 2.53. The van der Waals surface area contributed by atoms with Gasteiger partial charge in [0.15, 0.2) is 6.79 Å². The highest BCUT2D eigenvalue weighted by molar-refractivity contribution is 5.84. The quantitative estimate of drug-likeness (QED) is 0.448. The number of hydrogen-bond acceptors (Lipinski definition) is 5. The molecular weight excluding hydrogens is 260 g/mol. The van der Waals surface area contributed by atoms with Crippen LogP contribution in [0.3, 0.4) is 0 Å². The number of carbonyl (C=O) groups is 2. The fourth-order valence-electron chi connectivity index (χ4n) is 3.05. The number of ether oxygens (including phenoxy) is 3. The topological polar surface area (TPSA) is 61.8 Å². The smallest absolute Gasteiger partial charge is 0.312 e. The van der Waals surface area contributed by atoms with Gasteiger partial charge in [0, 0.05) is 7.11 Å². The Morgan fingerprint density at radius 1 is 1.10 bits per heavy atom. The largest absolute Gasteiger partial charge is 0.460 e. The summed E-state index contributed by atoms with van der Waals surface area (Å²) in [6, 6.07) is 0. The zero-order valence-electron chi connectivity index (χ0n) is 12.4. The lowest BCUT2D eigenvalue weighted by atomic mass is 9.83. The first-order valence-electron chi connectivity index (χ1n) is 6.90. The van der Waals surface area contributed by atoms with Gasteiger partial charge < -0.3 is 14.2 Å². The van der Waals surface area contributed by atoms with Crippen molar-refractivity contribution < 1.29 is 23.8 Å². The number of esters is 2. The normalized spacial score (nSPS) is 31.4. The van der Waals surface area contributed by atoms with E-state index in [1.54, 1.807) is 0 Å². The standard InChI is InChI=1S/C15H22O5/c1-15(2,3)20-14(17)12-10-6-5-9(7-10)11(12)13(16)19-8-18-4/h5-6,9-12H,7-8H2,1-4H3. The Labute approximate surface area is 119 Å². The maximum absolute atomic E-state index is 12.3. The second kappa shape index (κ2) is 5.56. The van der Waals surface area contributed by atoms with Crippen molar-refractivity contribution in [3.63, 3.8) is 0 Å². The molecular formula is C15H22O5. The summed E-state index contributed by atoms with van der Waals surface area (Å²) in [6.07, 6.45) is 4.83. The van der Waals surface area contributed by atoms with E-state index in [-0.39, 0.29) is 30.6 Å². The highest BCUT2D eigenvalue weighted by atomic mass is 16.7. The van der Waals surface area contributed by atoms with Crippen molar-refractivity contribution in [1.29, 1.82) is 0 Å². The molecule has 0 saturated heterocycles. The van der Waals surface area contributed by atoms with Gasteiger partial charge in [0.05, 0.1) is 11.8 Å². The van der Waals surface area contributed by atoms with Crippen LogP contribution in [0.1, 0.15) is 27.2 Å². The molecule has 0 N–H and O–H groups in total. The number of fused-ring (bicyclic) bond motifs is 2. The van der Waals surface area contributed by atoms with E-state index in [1.807, 2.05) is 32.9 Å². The van der Waals surface area contributed by atoms with E-state index < -0.39 is 17.4 Å². The minimum absolute atomic E-state index is 0.0712. The van der Waals surface area contributed by atoms with Crippen molar-refractivity contribution in [2.75, 3.05) is 13.9 Å². The van der Waals surface area contributed by atoms with Crippen LogP contribution < -0.4 is 0 Å². The first kappa shape index (κ1) is 15.0.